The van der Waals surface area contributed by atoms with E-state index in [1.165, 1.54) is 0 Å². The summed E-state index contributed by atoms with van der Waals surface area (Å²) >= 11 is 5.94. The number of fused-ring (bicyclic) bond motifs is 3. The van der Waals surface area contributed by atoms with E-state index in [1.807, 2.05) is 0 Å². The number of benzene rings is 1. The Morgan fingerprint density at radius 1 is 1.12 bits per heavy atom. The number of alkyl halides is 3. The van der Waals surface area contributed by atoms with E-state index >= 15 is 0 Å². The molecular weight excluding hydrogens is 589 g/mol. The van der Waals surface area contributed by atoms with Crippen molar-refractivity contribution in [1.29, 1.82) is 0 Å². The minimum Gasteiger partial charge on any atom is -0.508 e. The molecule has 1 amide bonds. The molecule has 7 rings (SSSR count). The third kappa shape index (κ3) is 5.72. The van der Waals surface area contributed by atoms with Gasteiger partial charge in [0.1, 0.15) is 17.3 Å². The van der Waals surface area contributed by atoms with Crippen molar-refractivity contribution in [2.45, 2.75) is 50.4 Å². The number of nitrogens with zero attached hydrogens (tertiary/aromatic N) is 5. The molecule has 2 atom stereocenters. The predicted octanol–water partition coefficient (Wildman–Crippen LogP) is 3.49. The van der Waals surface area contributed by atoms with Gasteiger partial charge >= 0.3 is 12.2 Å². The zero-order valence-electron chi connectivity index (χ0n) is 23.6. The fourth-order valence-corrected chi connectivity index (χ4v) is 7.20. The summed E-state index contributed by atoms with van der Waals surface area (Å²) in [5.41, 5.74) is -1.08. The SMILES string of the molecule is O=C1c2nc(OCC3(CN4CCOCC4)CC3)nc(N3C[C@H]4CC[C@@H](C3)N4)c2CCN1c1cc(O)cc(Cl)c1C(F)(F)F. The summed E-state index contributed by atoms with van der Waals surface area (Å²) in [5, 5.41) is 13.0. The number of hydrogen-bond acceptors (Lipinski definition) is 9. The molecule has 2 N–H and O–H groups in total. The Morgan fingerprint density at radius 2 is 1.84 bits per heavy atom. The molecule has 2 aromatic rings. The molecule has 1 saturated carbocycles. The summed E-state index contributed by atoms with van der Waals surface area (Å²) in [4.78, 5) is 28.8. The number of phenolic OH excluding ortho intramolecular Hbond substituents is 1. The highest BCUT2D eigenvalue weighted by Gasteiger charge is 2.46. The van der Waals surface area contributed by atoms with Gasteiger partial charge in [-0.25, -0.2) is 0 Å². The van der Waals surface area contributed by atoms with Gasteiger partial charge in [0.15, 0.2) is 0 Å². The summed E-state index contributed by atoms with van der Waals surface area (Å²) < 4.78 is 53.9. The van der Waals surface area contributed by atoms with Gasteiger partial charge in [0, 0.05) is 68.4 Å². The summed E-state index contributed by atoms with van der Waals surface area (Å²) in [6.45, 7) is 5.78. The molecule has 5 heterocycles. The predicted molar refractivity (Wildman–Crippen MR) is 152 cm³/mol. The van der Waals surface area contributed by atoms with Crippen LogP contribution in [0.5, 0.6) is 11.8 Å². The number of morpholine rings is 1. The summed E-state index contributed by atoms with van der Waals surface area (Å²) in [5.74, 6) is -0.575. The molecule has 4 fully saturated rings. The van der Waals surface area contributed by atoms with Gasteiger partial charge in [0.25, 0.3) is 5.91 Å². The maximum absolute atomic E-state index is 14.1. The summed E-state index contributed by atoms with van der Waals surface area (Å²) in [7, 11) is 0. The number of hydrogen-bond donors (Lipinski definition) is 2. The van der Waals surface area contributed by atoms with E-state index < -0.39 is 34.1 Å². The third-order valence-electron chi connectivity index (χ3n) is 9.27. The molecule has 0 spiro atoms. The Kier molecular flexibility index (Phi) is 7.34. The second-order valence-electron chi connectivity index (χ2n) is 12.4. The fourth-order valence-electron chi connectivity index (χ4n) is 6.89. The lowest BCUT2D eigenvalue weighted by Crippen LogP contribution is -2.52. The number of carbonyl (C=O) groups is 1. The molecule has 0 radical (unpaired) electrons. The van der Waals surface area contributed by atoms with Crippen molar-refractivity contribution < 1.29 is 32.5 Å². The molecular formula is C29H34ClF3N6O4. The van der Waals surface area contributed by atoms with Crippen molar-refractivity contribution in [3.05, 3.63) is 34.0 Å². The number of aromatic hydroxyl groups is 1. The van der Waals surface area contributed by atoms with E-state index in [-0.39, 0.29) is 30.1 Å². The first-order chi connectivity index (χ1) is 20.6. The van der Waals surface area contributed by atoms with Gasteiger partial charge in [-0.15, -0.1) is 0 Å². The maximum Gasteiger partial charge on any atom is 0.419 e. The monoisotopic (exact) mass is 622 g/mol. The Balaban J connectivity index is 1.22. The second-order valence-corrected chi connectivity index (χ2v) is 12.8. The van der Waals surface area contributed by atoms with Gasteiger partial charge in [-0.2, -0.15) is 23.1 Å². The van der Waals surface area contributed by atoms with Crippen LogP contribution in [0, 0.1) is 5.41 Å². The van der Waals surface area contributed by atoms with E-state index in [0.717, 1.165) is 62.4 Å². The first-order valence-electron chi connectivity index (χ1n) is 14.8. The number of phenols is 1. The van der Waals surface area contributed by atoms with Crippen LogP contribution >= 0.6 is 11.6 Å². The molecule has 14 heteroatoms. The lowest BCUT2D eigenvalue weighted by atomic mass is 10.0. The number of ether oxygens (including phenoxy) is 2. The van der Waals surface area contributed by atoms with Crippen LogP contribution in [0.3, 0.4) is 0 Å². The number of amides is 1. The molecule has 1 aromatic heterocycles. The number of rotatable bonds is 7. The van der Waals surface area contributed by atoms with Crippen molar-refractivity contribution in [2.24, 2.45) is 5.41 Å². The molecule has 3 saturated heterocycles. The smallest absolute Gasteiger partial charge is 0.419 e. The largest absolute Gasteiger partial charge is 0.508 e. The molecule has 4 aliphatic heterocycles. The van der Waals surface area contributed by atoms with E-state index in [4.69, 9.17) is 26.1 Å². The van der Waals surface area contributed by atoms with Gasteiger partial charge in [0.05, 0.1) is 36.1 Å². The average Bonchev–Trinajstić information content (AvgIpc) is 3.65. The van der Waals surface area contributed by atoms with Crippen molar-refractivity contribution in [2.75, 3.05) is 68.9 Å². The van der Waals surface area contributed by atoms with Gasteiger partial charge in [-0.05, 0) is 38.2 Å². The Morgan fingerprint density at radius 3 is 2.51 bits per heavy atom. The van der Waals surface area contributed by atoms with E-state index in [2.05, 4.69) is 20.1 Å². The minimum atomic E-state index is -4.84. The van der Waals surface area contributed by atoms with E-state index in [0.29, 0.717) is 56.4 Å². The molecule has 2 bridgehead atoms. The highest BCUT2D eigenvalue weighted by Crippen LogP contribution is 2.47. The fraction of sp³-hybridized carbons (Fsp3) is 0.621. The zero-order chi connectivity index (χ0) is 29.9. The topological polar surface area (TPSA) is 103 Å². The van der Waals surface area contributed by atoms with Crippen LogP contribution in [-0.4, -0.2) is 97.1 Å². The number of nitrogens with one attached hydrogen (secondary N) is 1. The number of halogens is 4. The zero-order valence-corrected chi connectivity index (χ0v) is 24.4. The van der Waals surface area contributed by atoms with Crippen molar-refractivity contribution in [3.8, 4) is 11.8 Å². The molecule has 43 heavy (non-hydrogen) atoms. The van der Waals surface area contributed by atoms with Crippen LogP contribution in [0.4, 0.5) is 24.7 Å². The molecule has 0 unspecified atom stereocenters. The van der Waals surface area contributed by atoms with Crippen LogP contribution in [0.2, 0.25) is 5.02 Å². The first kappa shape index (κ1) is 28.9. The minimum absolute atomic E-state index is 0.0164. The van der Waals surface area contributed by atoms with Crippen LogP contribution in [-0.2, 0) is 17.3 Å². The highest BCUT2D eigenvalue weighted by molar-refractivity contribution is 6.32. The molecule has 5 aliphatic rings. The number of aromatic nitrogens is 2. The summed E-state index contributed by atoms with van der Waals surface area (Å²) in [6, 6.07) is 2.40. The van der Waals surface area contributed by atoms with Crippen molar-refractivity contribution in [3.63, 3.8) is 0 Å². The van der Waals surface area contributed by atoms with E-state index in [1.54, 1.807) is 0 Å². The Hall–Kier alpha value is -2.87. The number of anilines is 2. The van der Waals surface area contributed by atoms with Gasteiger partial charge in [-0.1, -0.05) is 11.6 Å². The molecule has 1 aliphatic carbocycles. The maximum atomic E-state index is 14.1. The molecule has 10 nitrogen and oxygen atoms in total. The van der Waals surface area contributed by atoms with Crippen molar-refractivity contribution in [1.82, 2.24) is 20.2 Å². The Labute approximate surface area is 252 Å². The third-order valence-corrected chi connectivity index (χ3v) is 9.57. The number of piperazine rings is 1. The molecule has 232 valence electrons. The van der Waals surface area contributed by atoms with E-state index in [9.17, 15) is 23.1 Å². The van der Waals surface area contributed by atoms with Crippen LogP contribution in [0.1, 0.15) is 47.3 Å². The van der Waals surface area contributed by atoms with Crippen LogP contribution in [0.25, 0.3) is 0 Å². The second kappa shape index (κ2) is 10.9. The normalized spacial score (nSPS) is 25.2. The molecule has 1 aromatic carbocycles. The lowest BCUT2D eigenvalue weighted by Gasteiger charge is -2.37. The van der Waals surface area contributed by atoms with Crippen molar-refractivity contribution >= 4 is 29.0 Å². The van der Waals surface area contributed by atoms with Crippen LogP contribution < -0.4 is 19.9 Å². The Bertz CT molecular complexity index is 1410. The quantitative estimate of drug-likeness (QED) is 0.480. The number of carbonyl (C=O) groups excluding carboxylic acids is 1. The van der Waals surface area contributed by atoms with Gasteiger partial charge in [-0.3, -0.25) is 9.69 Å². The van der Waals surface area contributed by atoms with Gasteiger partial charge in [0.2, 0.25) is 0 Å². The summed E-state index contributed by atoms with van der Waals surface area (Å²) in [6.07, 6.45) is -0.491. The highest BCUT2D eigenvalue weighted by atomic mass is 35.5. The lowest BCUT2D eigenvalue weighted by molar-refractivity contribution is -0.137. The standard InChI is InChI=1S/C29H34ClF3N6O4/c30-21-11-19(40)12-22(23(21)29(31,32)33)39-6-3-20-24(26(39)41)35-27(36-25(20)38-13-17-1-2-18(14-38)34-17)43-16-28(4-5-28)15-37-7-9-42-10-8-37/h11-12,17-18,34,40H,1-10,13-16H2/t17-,18+. The van der Waals surface area contributed by atoms with Crippen LogP contribution in [0.15, 0.2) is 12.1 Å². The average molecular weight is 623 g/mol. The first-order valence-corrected chi connectivity index (χ1v) is 15.2. The van der Waals surface area contributed by atoms with Gasteiger partial charge < -0.3 is 29.7 Å².